The summed E-state index contributed by atoms with van der Waals surface area (Å²) in [4.78, 5) is 25.9. The highest BCUT2D eigenvalue weighted by Crippen LogP contribution is 2.21. The predicted molar refractivity (Wildman–Crippen MR) is 120 cm³/mol. The molecule has 0 saturated carbocycles. The first-order chi connectivity index (χ1) is 15.1. The number of rotatable bonds is 3. The van der Waals surface area contributed by atoms with Gasteiger partial charge in [0.05, 0.1) is 12.7 Å². The molecule has 31 heavy (non-hydrogen) atoms. The summed E-state index contributed by atoms with van der Waals surface area (Å²) < 4.78 is 5.43. The Morgan fingerprint density at radius 1 is 0.968 bits per heavy atom. The van der Waals surface area contributed by atoms with Crippen LogP contribution in [0.4, 0.5) is 5.82 Å². The maximum Gasteiger partial charge on any atom is 0.254 e. The van der Waals surface area contributed by atoms with Crippen LogP contribution in [-0.4, -0.2) is 54.1 Å². The topological polar surface area (TPSA) is 58.6 Å². The molecule has 6 heteroatoms. The summed E-state index contributed by atoms with van der Waals surface area (Å²) in [5.74, 6) is 7.71. The molecule has 1 amide bonds. The van der Waals surface area contributed by atoms with Crippen molar-refractivity contribution in [3.63, 3.8) is 0 Å². The molecule has 0 unspecified atom stereocenters. The number of ether oxygens (including phenoxy) is 1. The Labute approximate surface area is 182 Å². The maximum atomic E-state index is 13.1. The Morgan fingerprint density at radius 2 is 1.81 bits per heavy atom. The van der Waals surface area contributed by atoms with Crippen molar-refractivity contribution in [1.29, 1.82) is 0 Å². The number of carbonyl (C=O) groups is 1. The van der Waals surface area contributed by atoms with Gasteiger partial charge in [0.2, 0.25) is 0 Å². The lowest BCUT2D eigenvalue weighted by molar-refractivity contribution is 0.0746. The second-order valence-electron chi connectivity index (χ2n) is 7.35. The summed E-state index contributed by atoms with van der Waals surface area (Å²) in [5, 5.41) is 0. The SMILES string of the molecule is COc1ccc(C(=O)N2CCN(c3cc(C)ccn3)CC2)cc1C#Cc1ccccn1. The van der Waals surface area contributed by atoms with Gasteiger partial charge in [-0.25, -0.2) is 9.97 Å². The molecule has 1 fully saturated rings. The number of aryl methyl sites for hydroxylation is 1. The van der Waals surface area contributed by atoms with E-state index >= 15 is 0 Å². The third kappa shape index (κ3) is 4.84. The molecule has 2 aromatic heterocycles. The van der Waals surface area contributed by atoms with Crippen LogP contribution in [0.15, 0.2) is 60.9 Å². The summed E-state index contributed by atoms with van der Waals surface area (Å²) in [5.41, 5.74) is 3.12. The molecule has 1 aromatic carbocycles. The normalized spacial score (nSPS) is 13.4. The van der Waals surface area contributed by atoms with Crippen LogP contribution in [0.1, 0.15) is 27.2 Å². The largest absolute Gasteiger partial charge is 0.495 e. The number of amides is 1. The van der Waals surface area contributed by atoms with E-state index in [1.54, 1.807) is 31.5 Å². The third-order valence-electron chi connectivity index (χ3n) is 5.23. The number of piperazine rings is 1. The minimum absolute atomic E-state index is 0.000362. The van der Waals surface area contributed by atoms with Crippen molar-refractivity contribution in [2.75, 3.05) is 38.2 Å². The van der Waals surface area contributed by atoms with Crippen molar-refractivity contribution < 1.29 is 9.53 Å². The first-order valence-electron chi connectivity index (χ1n) is 10.2. The minimum atomic E-state index is 0.000362. The Balaban J connectivity index is 1.48. The molecule has 3 aromatic rings. The predicted octanol–water partition coefficient (Wildman–Crippen LogP) is 3.16. The zero-order valence-corrected chi connectivity index (χ0v) is 17.7. The van der Waals surface area contributed by atoms with Crippen molar-refractivity contribution in [3.05, 3.63) is 83.3 Å². The molecule has 4 rings (SSSR count). The average Bonchev–Trinajstić information content (AvgIpc) is 2.83. The number of carbonyl (C=O) groups excluding carboxylic acids is 1. The van der Waals surface area contributed by atoms with Crippen molar-refractivity contribution in [1.82, 2.24) is 14.9 Å². The smallest absolute Gasteiger partial charge is 0.254 e. The Hall–Kier alpha value is -3.85. The van der Waals surface area contributed by atoms with Crippen molar-refractivity contribution >= 4 is 11.7 Å². The number of benzene rings is 1. The highest BCUT2D eigenvalue weighted by Gasteiger charge is 2.23. The lowest BCUT2D eigenvalue weighted by Crippen LogP contribution is -2.49. The summed E-state index contributed by atoms with van der Waals surface area (Å²) in [6.45, 7) is 4.86. The van der Waals surface area contributed by atoms with Gasteiger partial charge in [-0.05, 0) is 60.9 Å². The van der Waals surface area contributed by atoms with Gasteiger partial charge in [0.1, 0.15) is 17.3 Å². The summed E-state index contributed by atoms with van der Waals surface area (Å²) >= 11 is 0. The van der Waals surface area contributed by atoms with Crippen LogP contribution in [-0.2, 0) is 0 Å². The lowest BCUT2D eigenvalue weighted by Gasteiger charge is -2.35. The molecule has 0 radical (unpaired) electrons. The second-order valence-corrected chi connectivity index (χ2v) is 7.35. The molecule has 0 aliphatic carbocycles. The van der Waals surface area contributed by atoms with Crippen molar-refractivity contribution in [2.24, 2.45) is 0 Å². The van der Waals surface area contributed by atoms with E-state index in [2.05, 4.69) is 39.7 Å². The van der Waals surface area contributed by atoms with E-state index in [4.69, 9.17) is 4.74 Å². The number of nitrogens with zero attached hydrogens (tertiary/aromatic N) is 4. The summed E-state index contributed by atoms with van der Waals surface area (Å²) in [6, 6.07) is 15.0. The van der Waals surface area contributed by atoms with Gasteiger partial charge in [-0.15, -0.1) is 0 Å². The third-order valence-corrected chi connectivity index (χ3v) is 5.23. The van der Waals surface area contributed by atoms with E-state index in [1.165, 1.54) is 5.56 Å². The van der Waals surface area contributed by atoms with Gasteiger partial charge in [-0.3, -0.25) is 4.79 Å². The molecule has 1 aliphatic heterocycles. The monoisotopic (exact) mass is 412 g/mol. The Kier molecular flexibility index (Phi) is 6.13. The van der Waals surface area contributed by atoms with Gasteiger partial charge in [0.15, 0.2) is 0 Å². The van der Waals surface area contributed by atoms with E-state index in [1.807, 2.05) is 35.4 Å². The van der Waals surface area contributed by atoms with E-state index in [0.717, 1.165) is 18.9 Å². The molecular formula is C25H24N4O2. The fourth-order valence-electron chi connectivity index (χ4n) is 3.52. The van der Waals surface area contributed by atoms with E-state index in [-0.39, 0.29) is 5.91 Å². The second kappa shape index (κ2) is 9.31. The molecule has 6 nitrogen and oxygen atoms in total. The zero-order valence-electron chi connectivity index (χ0n) is 17.7. The van der Waals surface area contributed by atoms with Gasteiger partial charge in [-0.2, -0.15) is 0 Å². The van der Waals surface area contributed by atoms with E-state index < -0.39 is 0 Å². The number of pyridine rings is 2. The van der Waals surface area contributed by atoms with Crippen molar-refractivity contribution in [3.8, 4) is 17.6 Å². The average molecular weight is 412 g/mol. The number of aromatic nitrogens is 2. The first kappa shape index (κ1) is 20.4. The first-order valence-corrected chi connectivity index (χ1v) is 10.2. The Bertz CT molecular complexity index is 1130. The van der Waals surface area contributed by atoms with Crippen molar-refractivity contribution in [2.45, 2.75) is 6.92 Å². The standard InChI is InChI=1S/C25H24N4O2/c1-19-10-12-27-24(17-19)28-13-15-29(16-14-28)25(30)21-7-9-23(31-2)20(18-21)6-8-22-5-3-4-11-26-22/h3-5,7,9-12,17-18H,13-16H2,1-2H3. The van der Waals surface area contributed by atoms with Crippen LogP contribution in [0, 0.1) is 18.8 Å². The van der Waals surface area contributed by atoms with Gasteiger partial charge in [0.25, 0.3) is 5.91 Å². The van der Waals surface area contributed by atoms with Gasteiger partial charge in [-0.1, -0.05) is 12.0 Å². The molecule has 3 heterocycles. The van der Waals surface area contributed by atoms with Crippen LogP contribution in [0.25, 0.3) is 0 Å². The van der Waals surface area contributed by atoms with Crippen LogP contribution < -0.4 is 9.64 Å². The van der Waals surface area contributed by atoms with Crippen LogP contribution in [0.2, 0.25) is 0 Å². The maximum absolute atomic E-state index is 13.1. The number of anilines is 1. The molecule has 156 valence electrons. The zero-order chi connectivity index (χ0) is 21.6. The highest BCUT2D eigenvalue weighted by molar-refractivity contribution is 5.95. The van der Waals surface area contributed by atoms with Gasteiger partial charge >= 0.3 is 0 Å². The molecule has 0 spiro atoms. The quantitative estimate of drug-likeness (QED) is 0.619. The molecular weight excluding hydrogens is 388 g/mol. The molecule has 0 N–H and O–H groups in total. The minimum Gasteiger partial charge on any atom is -0.495 e. The fourth-order valence-corrected chi connectivity index (χ4v) is 3.52. The van der Waals surface area contributed by atoms with Crippen LogP contribution >= 0.6 is 0 Å². The molecule has 0 bridgehead atoms. The molecule has 0 atom stereocenters. The lowest BCUT2D eigenvalue weighted by atomic mass is 10.1. The molecule has 1 aliphatic rings. The fraction of sp³-hybridized carbons (Fsp3) is 0.240. The Morgan fingerprint density at radius 3 is 2.52 bits per heavy atom. The van der Waals surface area contributed by atoms with Gasteiger partial charge in [0, 0.05) is 44.1 Å². The highest BCUT2D eigenvalue weighted by atomic mass is 16.5. The number of hydrogen-bond acceptors (Lipinski definition) is 5. The van der Waals surface area contributed by atoms with Gasteiger partial charge < -0.3 is 14.5 Å². The van der Waals surface area contributed by atoms with E-state index in [9.17, 15) is 4.79 Å². The van der Waals surface area contributed by atoms with Crippen LogP contribution in [0.5, 0.6) is 5.75 Å². The summed E-state index contributed by atoms with van der Waals surface area (Å²) in [6.07, 6.45) is 3.53. The van der Waals surface area contributed by atoms with Crippen LogP contribution in [0.3, 0.4) is 0 Å². The van der Waals surface area contributed by atoms with E-state index in [0.29, 0.717) is 35.7 Å². The molecule has 1 saturated heterocycles. The number of hydrogen-bond donors (Lipinski definition) is 0. The summed E-state index contributed by atoms with van der Waals surface area (Å²) in [7, 11) is 1.60. The number of methoxy groups -OCH3 is 1.